The molecular formula is C28H32N4O4. The van der Waals surface area contributed by atoms with Crippen LogP contribution in [0.3, 0.4) is 0 Å². The Bertz CT molecular complexity index is 1260. The van der Waals surface area contributed by atoms with Crippen LogP contribution < -0.4 is 5.32 Å². The fourth-order valence-electron chi connectivity index (χ4n) is 5.47. The van der Waals surface area contributed by atoms with Crippen molar-refractivity contribution in [2.24, 2.45) is 0 Å². The maximum absolute atomic E-state index is 14.1. The summed E-state index contributed by atoms with van der Waals surface area (Å²) >= 11 is 0. The van der Waals surface area contributed by atoms with Crippen LogP contribution in [0.4, 0.5) is 5.69 Å². The smallest absolute Gasteiger partial charge is 0.328 e. The molecule has 1 atom stereocenters. The van der Waals surface area contributed by atoms with Crippen molar-refractivity contribution in [1.82, 2.24) is 14.5 Å². The summed E-state index contributed by atoms with van der Waals surface area (Å²) in [4.78, 5) is 45.9. The number of hydrogen-bond acceptors (Lipinski definition) is 5. The van der Waals surface area contributed by atoms with Gasteiger partial charge in [0.25, 0.3) is 11.8 Å². The zero-order valence-corrected chi connectivity index (χ0v) is 20.6. The van der Waals surface area contributed by atoms with Crippen molar-refractivity contribution in [3.05, 3.63) is 59.9 Å². The molecule has 2 amide bonds. The minimum absolute atomic E-state index is 0.228. The number of carbonyl (C=O) groups is 3. The van der Waals surface area contributed by atoms with Gasteiger partial charge in [-0.25, -0.2) is 9.78 Å². The van der Waals surface area contributed by atoms with Gasteiger partial charge in [-0.3, -0.25) is 9.59 Å². The molecule has 1 saturated carbocycles. The molecule has 1 aromatic heterocycles. The van der Waals surface area contributed by atoms with Gasteiger partial charge in [0.05, 0.1) is 29.5 Å². The van der Waals surface area contributed by atoms with E-state index >= 15 is 0 Å². The molecule has 0 bridgehead atoms. The molecule has 36 heavy (non-hydrogen) atoms. The quantitative estimate of drug-likeness (QED) is 0.495. The monoisotopic (exact) mass is 488 g/mol. The summed E-state index contributed by atoms with van der Waals surface area (Å²) in [5.74, 6) is -0.848. The van der Waals surface area contributed by atoms with Gasteiger partial charge in [0.15, 0.2) is 0 Å². The molecule has 8 heteroatoms. The summed E-state index contributed by atoms with van der Waals surface area (Å²) in [6.45, 7) is 2.54. The second kappa shape index (κ2) is 10.5. The zero-order valence-electron chi connectivity index (χ0n) is 20.6. The Morgan fingerprint density at radius 2 is 1.78 bits per heavy atom. The summed E-state index contributed by atoms with van der Waals surface area (Å²) in [7, 11) is 0. The summed E-state index contributed by atoms with van der Waals surface area (Å²) in [5.41, 5.74) is 2.90. The summed E-state index contributed by atoms with van der Waals surface area (Å²) in [5, 5.41) is 2.93. The fourth-order valence-corrected chi connectivity index (χ4v) is 5.47. The molecule has 0 radical (unpaired) electrons. The number of piperidine rings is 1. The number of carbonyl (C=O) groups excluding carboxylic acids is 3. The van der Waals surface area contributed by atoms with Crippen molar-refractivity contribution in [2.75, 3.05) is 18.5 Å². The highest BCUT2D eigenvalue weighted by Crippen LogP contribution is 2.35. The number of hydrogen-bond donors (Lipinski definition) is 1. The summed E-state index contributed by atoms with van der Waals surface area (Å²) in [6.07, 6.45) is 8.47. The first kappa shape index (κ1) is 24.0. The Labute approximate surface area is 210 Å². The van der Waals surface area contributed by atoms with Crippen molar-refractivity contribution < 1.29 is 19.1 Å². The highest BCUT2D eigenvalue weighted by Gasteiger charge is 2.35. The molecule has 2 fully saturated rings. The van der Waals surface area contributed by atoms with Gasteiger partial charge in [0, 0.05) is 23.8 Å². The number of anilines is 1. The van der Waals surface area contributed by atoms with Crippen LogP contribution in [0.15, 0.2) is 48.8 Å². The van der Waals surface area contributed by atoms with Gasteiger partial charge in [-0.15, -0.1) is 0 Å². The van der Waals surface area contributed by atoms with E-state index in [0.717, 1.165) is 44.0 Å². The maximum Gasteiger partial charge on any atom is 0.328 e. The number of esters is 1. The summed E-state index contributed by atoms with van der Waals surface area (Å²) < 4.78 is 7.41. The number of nitrogens with one attached hydrogen (secondary N) is 1. The SMILES string of the molecule is CCOC(=O)[C@@H]1CCCCN1C(=O)c1cc(NC(=O)c2ccccc2)cc2ncn(C3CCCC3)c12. The van der Waals surface area contributed by atoms with Crippen LogP contribution in [0.25, 0.3) is 11.0 Å². The standard InChI is InChI=1S/C28H32N4O4/c1-2-36-28(35)24-14-8-9-15-31(24)27(34)22-16-20(30-26(33)19-10-4-3-5-11-19)17-23-25(22)32(18-29-23)21-12-6-7-13-21/h3-5,10-11,16-18,21,24H,2,6-9,12-15H2,1H3,(H,30,33)/t24-/m0/s1. The van der Waals surface area contributed by atoms with E-state index in [-0.39, 0.29) is 30.4 Å². The third-order valence-electron chi connectivity index (χ3n) is 7.23. The van der Waals surface area contributed by atoms with E-state index in [0.29, 0.717) is 35.3 Å². The van der Waals surface area contributed by atoms with E-state index in [1.807, 2.05) is 24.3 Å². The lowest BCUT2D eigenvalue weighted by molar-refractivity contribution is -0.149. The highest BCUT2D eigenvalue weighted by atomic mass is 16.5. The van der Waals surface area contributed by atoms with Gasteiger partial charge >= 0.3 is 5.97 Å². The maximum atomic E-state index is 14.1. The Morgan fingerprint density at radius 3 is 2.53 bits per heavy atom. The topological polar surface area (TPSA) is 93.5 Å². The van der Waals surface area contributed by atoms with E-state index in [1.54, 1.807) is 36.4 Å². The molecule has 1 aliphatic carbocycles. The van der Waals surface area contributed by atoms with Gasteiger partial charge < -0.3 is 19.5 Å². The number of aromatic nitrogens is 2. The molecule has 188 valence electrons. The molecule has 1 aliphatic heterocycles. The van der Waals surface area contributed by atoms with Crippen molar-refractivity contribution in [2.45, 2.75) is 64.0 Å². The molecule has 2 aromatic carbocycles. The second-order valence-corrected chi connectivity index (χ2v) is 9.56. The molecule has 0 unspecified atom stereocenters. The lowest BCUT2D eigenvalue weighted by Crippen LogP contribution is -2.48. The number of likely N-dealkylation sites (tertiary alicyclic amines) is 1. The molecule has 2 aliphatic rings. The highest BCUT2D eigenvalue weighted by molar-refractivity contribution is 6.10. The van der Waals surface area contributed by atoms with E-state index < -0.39 is 6.04 Å². The second-order valence-electron chi connectivity index (χ2n) is 9.56. The minimum Gasteiger partial charge on any atom is -0.464 e. The Hall–Kier alpha value is -3.68. The van der Waals surface area contributed by atoms with Crippen LogP contribution in [0, 0.1) is 0 Å². The van der Waals surface area contributed by atoms with Gasteiger partial charge in [0.2, 0.25) is 0 Å². The van der Waals surface area contributed by atoms with Crippen LogP contribution in [0.5, 0.6) is 0 Å². The fraction of sp³-hybridized carbons (Fsp3) is 0.429. The van der Waals surface area contributed by atoms with E-state index in [9.17, 15) is 14.4 Å². The van der Waals surface area contributed by atoms with E-state index in [1.165, 1.54) is 0 Å². The van der Waals surface area contributed by atoms with Crippen molar-refractivity contribution in [1.29, 1.82) is 0 Å². The Kier molecular flexibility index (Phi) is 7.02. The third-order valence-corrected chi connectivity index (χ3v) is 7.23. The third kappa shape index (κ3) is 4.72. The first-order chi connectivity index (χ1) is 17.6. The molecule has 2 heterocycles. The lowest BCUT2D eigenvalue weighted by Gasteiger charge is -2.34. The van der Waals surface area contributed by atoms with Crippen molar-refractivity contribution in [3.8, 4) is 0 Å². The Balaban J connectivity index is 1.56. The number of ether oxygens (including phenoxy) is 1. The van der Waals surface area contributed by atoms with Crippen LogP contribution in [0.2, 0.25) is 0 Å². The van der Waals surface area contributed by atoms with E-state index in [4.69, 9.17) is 4.74 Å². The largest absolute Gasteiger partial charge is 0.464 e. The zero-order chi connectivity index (χ0) is 25.1. The van der Waals surface area contributed by atoms with Gasteiger partial charge in [-0.05, 0) is 63.3 Å². The van der Waals surface area contributed by atoms with Crippen molar-refractivity contribution >= 4 is 34.5 Å². The molecule has 8 nitrogen and oxygen atoms in total. The molecule has 5 rings (SSSR count). The van der Waals surface area contributed by atoms with Gasteiger partial charge in [-0.2, -0.15) is 0 Å². The number of imidazole rings is 1. The first-order valence-corrected chi connectivity index (χ1v) is 12.9. The number of amides is 2. The number of nitrogens with zero attached hydrogens (tertiary/aromatic N) is 3. The summed E-state index contributed by atoms with van der Waals surface area (Å²) in [6, 6.07) is 12.2. The number of rotatable bonds is 6. The van der Waals surface area contributed by atoms with Crippen LogP contribution >= 0.6 is 0 Å². The van der Waals surface area contributed by atoms with E-state index in [2.05, 4.69) is 14.9 Å². The predicted octanol–water partition coefficient (Wildman–Crippen LogP) is 4.96. The molecule has 1 saturated heterocycles. The predicted molar refractivity (Wildman–Crippen MR) is 137 cm³/mol. The minimum atomic E-state index is -0.605. The average molecular weight is 489 g/mol. The molecule has 3 aromatic rings. The number of fused-ring (bicyclic) bond motifs is 1. The molecule has 0 spiro atoms. The molecule has 1 N–H and O–H groups in total. The normalized spacial score (nSPS) is 18.4. The first-order valence-electron chi connectivity index (χ1n) is 12.9. The van der Waals surface area contributed by atoms with Crippen LogP contribution in [0.1, 0.15) is 78.6 Å². The van der Waals surface area contributed by atoms with Gasteiger partial charge in [-0.1, -0.05) is 31.0 Å². The number of benzene rings is 2. The van der Waals surface area contributed by atoms with Gasteiger partial charge in [0.1, 0.15) is 6.04 Å². The van der Waals surface area contributed by atoms with Crippen molar-refractivity contribution in [3.63, 3.8) is 0 Å². The average Bonchev–Trinajstić information content (AvgIpc) is 3.58. The Morgan fingerprint density at radius 1 is 1.03 bits per heavy atom. The van der Waals surface area contributed by atoms with Crippen LogP contribution in [-0.2, 0) is 9.53 Å². The molecular weight excluding hydrogens is 456 g/mol. The van der Waals surface area contributed by atoms with Crippen LogP contribution in [-0.4, -0.2) is 51.4 Å². The lowest BCUT2D eigenvalue weighted by atomic mass is 10.00.